The number of carbonyl (C=O) groups is 2. The maximum absolute atomic E-state index is 12.7. The molecule has 1 aliphatic heterocycles. The van der Waals surface area contributed by atoms with Crippen LogP contribution in [-0.4, -0.2) is 36.9 Å². The molecule has 5 nitrogen and oxygen atoms in total. The van der Waals surface area contributed by atoms with Crippen molar-refractivity contribution in [2.45, 2.75) is 23.5 Å². The van der Waals surface area contributed by atoms with Gasteiger partial charge in [0.2, 0.25) is 0 Å². The molecule has 7 heteroatoms. The van der Waals surface area contributed by atoms with Gasteiger partial charge < -0.3 is 5.32 Å². The van der Waals surface area contributed by atoms with Crippen molar-refractivity contribution in [2.75, 3.05) is 16.8 Å². The van der Waals surface area contributed by atoms with Crippen LogP contribution in [0, 0.1) is 0 Å². The van der Waals surface area contributed by atoms with E-state index < -0.39 is 9.84 Å². The third-order valence-electron chi connectivity index (χ3n) is 4.14. The first-order chi connectivity index (χ1) is 12.3. The highest BCUT2D eigenvalue weighted by molar-refractivity contribution is 8.02. The Morgan fingerprint density at radius 1 is 1.12 bits per heavy atom. The number of anilines is 1. The summed E-state index contributed by atoms with van der Waals surface area (Å²) in [6.45, 7) is 1.47. The minimum atomic E-state index is -2.96. The minimum Gasteiger partial charge on any atom is -0.322 e. The highest BCUT2D eigenvalue weighted by Crippen LogP contribution is 2.33. The Hall–Kier alpha value is -2.12. The van der Waals surface area contributed by atoms with E-state index in [2.05, 4.69) is 5.32 Å². The van der Waals surface area contributed by atoms with Gasteiger partial charge in [-0.3, -0.25) is 9.59 Å². The zero-order valence-electron chi connectivity index (χ0n) is 14.3. The Labute approximate surface area is 157 Å². The summed E-state index contributed by atoms with van der Waals surface area (Å²) >= 11 is 1.43. The Kier molecular flexibility index (Phi) is 5.48. The zero-order valence-corrected chi connectivity index (χ0v) is 15.9. The molecule has 136 valence electrons. The predicted octanol–water partition coefficient (Wildman–Crippen LogP) is 3.42. The Balaban J connectivity index is 1.78. The molecule has 1 N–H and O–H groups in total. The van der Waals surface area contributed by atoms with Crippen LogP contribution in [0.25, 0.3) is 0 Å². The van der Waals surface area contributed by atoms with Crippen molar-refractivity contribution in [3.63, 3.8) is 0 Å². The Morgan fingerprint density at radius 2 is 1.88 bits per heavy atom. The summed E-state index contributed by atoms with van der Waals surface area (Å²) in [4.78, 5) is 24.9. The molecule has 0 aliphatic carbocycles. The predicted molar refractivity (Wildman–Crippen MR) is 104 cm³/mol. The summed E-state index contributed by atoms with van der Waals surface area (Å²) in [5.74, 6) is -0.000309. The number of Topliss-reactive ketones (excluding diaryl/α,β-unsaturated/α-hetero) is 1. The van der Waals surface area contributed by atoms with Crippen LogP contribution in [-0.2, 0) is 9.84 Å². The molecule has 0 bridgehead atoms. The largest absolute Gasteiger partial charge is 0.322 e. The van der Waals surface area contributed by atoms with Gasteiger partial charge in [0.1, 0.15) is 0 Å². The van der Waals surface area contributed by atoms with Gasteiger partial charge in [-0.15, -0.1) is 11.8 Å². The average molecular weight is 389 g/mol. The topological polar surface area (TPSA) is 80.3 Å². The minimum absolute atomic E-state index is 0.0324. The highest BCUT2D eigenvalue weighted by Gasteiger charge is 2.29. The molecule has 1 amide bonds. The van der Waals surface area contributed by atoms with Crippen LogP contribution in [0.2, 0.25) is 0 Å². The molecule has 0 radical (unpaired) electrons. The van der Waals surface area contributed by atoms with E-state index >= 15 is 0 Å². The molecule has 0 spiro atoms. The summed E-state index contributed by atoms with van der Waals surface area (Å²) in [7, 11) is -2.96. The number of thioether (sulfide) groups is 1. The Bertz CT molecular complexity index is 954. The third-order valence-corrected chi connectivity index (χ3v) is 7.47. The van der Waals surface area contributed by atoms with Crippen molar-refractivity contribution in [1.82, 2.24) is 0 Å². The lowest BCUT2D eigenvalue weighted by molar-refractivity contribution is 0.101. The molecule has 26 heavy (non-hydrogen) atoms. The summed E-state index contributed by atoms with van der Waals surface area (Å²) in [6, 6.07) is 13.9. The molecule has 0 aromatic heterocycles. The van der Waals surface area contributed by atoms with Crippen molar-refractivity contribution >= 4 is 39.0 Å². The molecular formula is C19H19NO4S2. The molecule has 0 saturated carbocycles. The third kappa shape index (κ3) is 4.53. The fourth-order valence-corrected chi connectivity index (χ4v) is 6.43. The first kappa shape index (κ1) is 18.7. The smallest absolute Gasteiger partial charge is 0.256 e. The van der Waals surface area contributed by atoms with Crippen LogP contribution in [0.5, 0.6) is 0 Å². The normalized spacial score (nSPS) is 18.4. The molecule has 1 atom stereocenters. The lowest BCUT2D eigenvalue weighted by Crippen LogP contribution is -2.14. The van der Waals surface area contributed by atoms with Gasteiger partial charge in [-0.25, -0.2) is 8.42 Å². The summed E-state index contributed by atoms with van der Waals surface area (Å²) in [5, 5.41) is 2.78. The van der Waals surface area contributed by atoms with Crippen molar-refractivity contribution in [3.05, 3.63) is 59.7 Å². The number of carbonyl (C=O) groups excluding carboxylic acids is 2. The van der Waals surface area contributed by atoms with E-state index in [-0.39, 0.29) is 28.4 Å². The van der Waals surface area contributed by atoms with E-state index in [1.165, 1.54) is 18.7 Å². The second kappa shape index (κ2) is 7.63. The van der Waals surface area contributed by atoms with E-state index in [9.17, 15) is 18.0 Å². The van der Waals surface area contributed by atoms with Crippen LogP contribution >= 0.6 is 11.8 Å². The van der Waals surface area contributed by atoms with E-state index in [1.54, 1.807) is 36.4 Å². The van der Waals surface area contributed by atoms with Crippen molar-refractivity contribution in [3.8, 4) is 0 Å². The van der Waals surface area contributed by atoms with E-state index in [4.69, 9.17) is 0 Å². The van der Waals surface area contributed by atoms with Gasteiger partial charge in [-0.2, -0.15) is 0 Å². The molecule has 1 heterocycles. The van der Waals surface area contributed by atoms with Crippen molar-refractivity contribution in [2.24, 2.45) is 0 Å². The standard InChI is InChI=1S/C19H19NO4S2/c1-13(21)14-5-4-6-15(11-14)20-19(22)17-7-2-3-8-18(17)25-16-9-10-26(23,24)12-16/h2-8,11,16H,9-10,12H2,1H3,(H,20,22)/t16-/m0/s1. The summed E-state index contributed by atoms with van der Waals surface area (Å²) in [5.41, 5.74) is 1.57. The molecule has 0 unspecified atom stereocenters. The first-order valence-corrected chi connectivity index (χ1v) is 10.9. The molecule has 1 saturated heterocycles. The molecule has 3 rings (SSSR count). The van der Waals surface area contributed by atoms with Gasteiger partial charge in [0.25, 0.3) is 5.91 Å². The van der Waals surface area contributed by atoms with E-state index in [0.29, 0.717) is 23.2 Å². The van der Waals surface area contributed by atoms with Gasteiger partial charge in [-0.1, -0.05) is 24.3 Å². The lowest BCUT2D eigenvalue weighted by atomic mass is 10.1. The number of benzene rings is 2. The molecule has 2 aromatic carbocycles. The number of sulfone groups is 1. The quantitative estimate of drug-likeness (QED) is 0.793. The first-order valence-electron chi connectivity index (χ1n) is 8.22. The zero-order chi connectivity index (χ0) is 18.7. The maximum atomic E-state index is 12.7. The summed E-state index contributed by atoms with van der Waals surface area (Å²) < 4.78 is 23.3. The molecule has 2 aromatic rings. The molecule has 1 aliphatic rings. The second-order valence-electron chi connectivity index (χ2n) is 6.23. The SMILES string of the molecule is CC(=O)c1cccc(NC(=O)c2ccccc2S[C@H]2CCS(=O)(=O)C2)c1. The van der Waals surface area contributed by atoms with Crippen LogP contribution in [0.15, 0.2) is 53.4 Å². The molecular weight excluding hydrogens is 370 g/mol. The number of nitrogens with one attached hydrogen (secondary N) is 1. The number of rotatable bonds is 5. The number of hydrogen-bond acceptors (Lipinski definition) is 5. The van der Waals surface area contributed by atoms with Crippen molar-refractivity contribution < 1.29 is 18.0 Å². The highest BCUT2D eigenvalue weighted by atomic mass is 32.2. The monoisotopic (exact) mass is 389 g/mol. The van der Waals surface area contributed by atoms with E-state index in [1.807, 2.05) is 12.1 Å². The fraction of sp³-hybridized carbons (Fsp3) is 0.263. The second-order valence-corrected chi connectivity index (χ2v) is 9.80. The number of ketones is 1. The average Bonchev–Trinajstić information content (AvgIpc) is 2.94. The van der Waals surface area contributed by atoms with Crippen LogP contribution in [0.3, 0.4) is 0 Å². The van der Waals surface area contributed by atoms with Crippen LogP contribution in [0.1, 0.15) is 34.1 Å². The number of hydrogen-bond donors (Lipinski definition) is 1. The Morgan fingerprint density at radius 3 is 2.58 bits per heavy atom. The fourth-order valence-electron chi connectivity index (χ4n) is 2.80. The van der Waals surface area contributed by atoms with Gasteiger partial charge >= 0.3 is 0 Å². The van der Waals surface area contributed by atoms with Gasteiger partial charge in [0, 0.05) is 21.4 Å². The van der Waals surface area contributed by atoms with Crippen LogP contribution in [0.4, 0.5) is 5.69 Å². The van der Waals surface area contributed by atoms with Crippen molar-refractivity contribution in [1.29, 1.82) is 0 Å². The van der Waals surface area contributed by atoms with Gasteiger partial charge in [0.05, 0.1) is 17.1 Å². The number of amides is 1. The van der Waals surface area contributed by atoms with Gasteiger partial charge in [0.15, 0.2) is 15.6 Å². The van der Waals surface area contributed by atoms with Gasteiger partial charge in [-0.05, 0) is 37.6 Å². The van der Waals surface area contributed by atoms with E-state index in [0.717, 1.165) is 4.90 Å². The summed E-state index contributed by atoms with van der Waals surface area (Å²) in [6.07, 6.45) is 0.601. The molecule has 1 fully saturated rings. The van der Waals surface area contributed by atoms with Crippen LogP contribution < -0.4 is 5.32 Å². The maximum Gasteiger partial charge on any atom is 0.256 e. The lowest BCUT2D eigenvalue weighted by Gasteiger charge is -2.13.